The van der Waals surface area contributed by atoms with Crippen LogP contribution in [0.2, 0.25) is 0 Å². The van der Waals surface area contributed by atoms with Crippen LogP contribution in [0.4, 0.5) is 0 Å². The smallest absolute Gasteiger partial charge is 0.0152 e. The second-order valence-electron chi connectivity index (χ2n) is 4.77. The van der Waals surface area contributed by atoms with Crippen molar-refractivity contribution in [1.82, 2.24) is 0 Å². The molecule has 0 aliphatic heterocycles. The van der Waals surface area contributed by atoms with E-state index in [0.717, 1.165) is 11.8 Å². The molecule has 1 fully saturated rings. The van der Waals surface area contributed by atoms with Crippen molar-refractivity contribution < 1.29 is 0 Å². The van der Waals surface area contributed by atoms with Crippen molar-refractivity contribution in [1.29, 1.82) is 0 Å². The Morgan fingerprint density at radius 2 is 1.54 bits per heavy atom. The molecule has 0 nitrogen and oxygen atoms in total. The lowest BCUT2D eigenvalue weighted by Crippen LogP contribution is -2.33. The molecule has 0 aromatic rings. The zero-order chi connectivity index (χ0) is 9.90. The first-order chi connectivity index (χ1) is 6.12. The summed E-state index contributed by atoms with van der Waals surface area (Å²) in [6.45, 7) is 6.96. The topological polar surface area (TPSA) is 0 Å². The minimum Gasteiger partial charge on any atom is -0.172 e. The normalized spacial score (nSPS) is 30.5. The van der Waals surface area contributed by atoms with Gasteiger partial charge in [-0.1, -0.05) is 33.6 Å². The summed E-state index contributed by atoms with van der Waals surface area (Å²) in [6.07, 6.45) is 8.12. The van der Waals surface area contributed by atoms with E-state index >= 15 is 0 Å². The molecule has 0 heterocycles. The quantitative estimate of drug-likeness (QED) is 0.645. The Balaban J connectivity index is 2.51. The molecule has 1 heteroatoms. The first-order valence-electron chi connectivity index (χ1n) is 5.84. The lowest BCUT2D eigenvalue weighted by molar-refractivity contribution is 0.228. The van der Waals surface area contributed by atoms with Crippen molar-refractivity contribution in [2.45, 2.75) is 64.0 Å². The van der Waals surface area contributed by atoms with E-state index in [1.165, 1.54) is 38.5 Å². The molecule has 1 saturated carbocycles. The zero-order valence-corrected chi connectivity index (χ0v) is 10.2. The fourth-order valence-corrected chi connectivity index (χ4v) is 2.88. The maximum atomic E-state index is 4.89. The summed E-state index contributed by atoms with van der Waals surface area (Å²) in [5, 5.41) is 0. The minimum absolute atomic E-state index is 0.333. The van der Waals surface area contributed by atoms with Gasteiger partial charge in [0.15, 0.2) is 0 Å². The van der Waals surface area contributed by atoms with Crippen LogP contribution >= 0.6 is 12.6 Å². The molecular weight excluding hydrogens is 176 g/mol. The Morgan fingerprint density at radius 1 is 1.08 bits per heavy atom. The predicted octanol–water partition coefficient (Wildman–Crippen LogP) is 4.30. The summed E-state index contributed by atoms with van der Waals surface area (Å²) in [5.74, 6) is 1.84. The number of hydrogen-bond donors (Lipinski definition) is 1. The fourth-order valence-electron chi connectivity index (χ4n) is 2.62. The van der Waals surface area contributed by atoms with E-state index in [0.29, 0.717) is 4.75 Å². The summed E-state index contributed by atoms with van der Waals surface area (Å²) in [4.78, 5) is 0. The molecule has 1 aliphatic rings. The van der Waals surface area contributed by atoms with Crippen molar-refractivity contribution in [3.05, 3.63) is 0 Å². The van der Waals surface area contributed by atoms with Gasteiger partial charge in [0.25, 0.3) is 0 Å². The molecule has 0 amide bonds. The number of hydrogen-bond acceptors (Lipinski definition) is 1. The lowest BCUT2D eigenvalue weighted by atomic mass is 9.74. The molecule has 0 spiro atoms. The van der Waals surface area contributed by atoms with Gasteiger partial charge in [-0.05, 0) is 37.5 Å². The summed E-state index contributed by atoms with van der Waals surface area (Å²) in [5.41, 5.74) is 0. The van der Waals surface area contributed by atoms with Gasteiger partial charge < -0.3 is 0 Å². The summed E-state index contributed by atoms with van der Waals surface area (Å²) in [7, 11) is 0. The third-order valence-electron chi connectivity index (χ3n) is 4.00. The second-order valence-corrected chi connectivity index (χ2v) is 5.66. The molecule has 0 unspecified atom stereocenters. The Bertz CT molecular complexity index is 141. The number of thiol groups is 1. The molecule has 0 atom stereocenters. The highest BCUT2D eigenvalue weighted by molar-refractivity contribution is 7.81. The molecular formula is C12H24S. The first-order valence-corrected chi connectivity index (χ1v) is 6.29. The van der Waals surface area contributed by atoms with Crippen molar-refractivity contribution in [2.24, 2.45) is 11.8 Å². The van der Waals surface area contributed by atoms with E-state index in [1.807, 2.05) is 0 Å². The van der Waals surface area contributed by atoms with Crippen LogP contribution in [0.15, 0.2) is 0 Å². The van der Waals surface area contributed by atoms with Gasteiger partial charge >= 0.3 is 0 Å². The molecule has 1 rings (SSSR count). The molecule has 1 aliphatic carbocycles. The highest BCUT2D eigenvalue weighted by Gasteiger charge is 2.33. The van der Waals surface area contributed by atoms with Gasteiger partial charge in [0.1, 0.15) is 0 Å². The number of rotatable bonds is 3. The lowest BCUT2D eigenvalue weighted by Gasteiger charge is -2.39. The minimum atomic E-state index is 0.333. The van der Waals surface area contributed by atoms with E-state index in [-0.39, 0.29) is 0 Å². The predicted molar refractivity (Wildman–Crippen MR) is 63.4 cm³/mol. The van der Waals surface area contributed by atoms with E-state index in [1.54, 1.807) is 0 Å². The van der Waals surface area contributed by atoms with Gasteiger partial charge in [0.05, 0.1) is 0 Å². The largest absolute Gasteiger partial charge is 0.172 e. The summed E-state index contributed by atoms with van der Waals surface area (Å²) < 4.78 is 0.333. The van der Waals surface area contributed by atoms with Crippen LogP contribution in [0.5, 0.6) is 0 Å². The van der Waals surface area contributed by atoms with Gasteiger partial charge in [-0.25, -0.2) is 0 Å². The molecule has 0 aromatic carbocycles. The van der Waals surface area contributed by atoms with Crippen LogP contribution in [0.3, 0.4) is 0 Å². The summed E-state index contributed by atoms with van der Waals surface area (Å²) in [6, 6.07) is 0. The Hall–Kier alpha value is 0.350. The molecule has 0 bridgehead atoms. The van der Waals surface area contributed by atoms with Crippen LogP contribution in [-0.4, -0.2) is 4.75 Å². The molecule has 13 heavy (non-hydrogen) atoms. The second kappa shape index (κ2) is 4.72. The van der Waals surface area contributed by atoms with Crippen LogP contribution in [-0.2, 0) is 0 Å². The Kier molecular flexibility index (Phi) is 4.15. The Morgan fingerprint density at radius 3 is 1.92 bits per heavy atom. The van der Waals surface area contributed by atoms with Crippen LogP contribution in [0.1, 0.15) is 59.3 Å². The van der Waals surface area contributed by atoms with Crippen molar-refractivity contribution in [2.75, 3.05) is 0 Å². The third-order valence-corrected chi connectivity index (χ3v) is 5.00. The Labute approximate surface area is 88.9 Å². The molecule has 0 N–H and O–H groups in total. The molecule has 78 valence electrons. The van der Waals surface area contributed by atoms with E-state index in [4.69, 9.17) is 12.6 Å². The summed E-state index contributed by atoms with van der Waals surface area (Å²) >= 11 is 4.89. The highest BCUT2D eigenvalue weighted by Crippen LogP contribution is 2.42. The van der Waals surface area contributed by atoms with E-state index in [2.05, 4.69) is 20.8 Å². The fraction of sp³-hybridized carbons (Fsp3) is 1.00. The van der Waals surface area contributed by atoms with E-state index < -0.39 is 0 Å². The third kappa shape index (κ3) is 2.65. The average Bonchev–Trinajstić information content (AvgIpc) is 2.18. The monoisotopic (exact) mass is 200 g/mol. The van der Waals surface area contributed by atoms with Gasteiger partial charge in [0.2, 0.25) is 0 Å². The van der Waals surface area contributed by atoms with Gasteiger partial charge in [-0.15, -0.1) is 0 Å². The average molecular weight is 200 g/mol. The zero-order valence-electron chi connectivity index (χ0n) is 9.34. The van der Waals surface area contributed by atoms with Gasteiger partial charge in [-0.2, -0.15) is 12.6 Å². The standard InChI is InChI=1S/C12H24S/c1-4-12(13,5-2)11-8-6-10(3)7-9-11/h10-11,13H,4-9H2,1-3H3. The SMILES string of the molecule is CCC(S)(CC)C1CCC(C)CC1. The van der Waals surface area contributed by atoms with Crippen LogP contribution < -0.4 is 0 Å². The van der Waals surface area contributed by atoms with Crippen molar-refractivity contribution in [3.8, 4) is 0 Å². The maximum absolute atomic E-state index is 4.89. The van der Waals surface area contributed by atoms with E-state index in [9.17, 15) is 0 Å². The van der Waals surface area contributed by atoms with Gasteiger partial charge in [-0.3, -0.25) is 0 Å². The maximum Gasteiger partial charge on any atom is 0.0152 e. The van der Waals surface area contributed by atoms with Crippen LogP contribution in [0, 0.1) is 11.8 Å². The van der Waals surface area contributed by atoms with Crippen molar-refractivity contribution in [3.63, 3.8) is 0 Å². The molecule has 0 aromatic heterocycles. The van der Waals surface area contributed by atoms with Gasteiger partial charge in [0, 0.05) is 4.75 Å². The first kappa shape index (κ1) is 11.4. The highest BCUT2D eigenvalue weighted by atomic mass is 32.1. The van der Waals surface area contributed by atoms with Crippen molar-refractivity contribution >= 4 is 12.6 Å². The van der Waals surface area contributed by atoms with Crippen LogP contribution in [0.25, 0.3) is 0 Å². The molecule has 0 saturated heterocycles. The molecule has 0 radical (unpaired) electrons.